The first kappa shape index (κ1) is 20.7. The zero-order valence-corrected chi connectivity index (χ0v) is 17.3. The normalized spacial score (nSPS) is 17.8. The summed E-state index contributed by atoms with van der Waals surface area (Å²) in [6.45, 7) is 0.966. The lowest BCUT2D eigenvalue weighted by molar-refractivity contribution is -0.122. The maximum atomic E-state index is 13.1. The minimum Gasteiger partial charge on any atom is -0.347 e. The summed E-state index contributed by atoms with van der Waals surface area (Å²) in [7, 11) is 1.81. The monoisotopic (exact) mass is 415 g/mol. The number of benzene rings is 2. The van der Waals surface area contributed by atoms with E-state index in [-0.39, 0.29) is 23.8 Å². The molecule has 158 valence electrons. The van der Waals surface area contributed by atoms with Gasteiger partial charge in [0.25, 0.3) is 5.91 Å². The van der Waals surface area contributed by atoms with Crippen molar-refractivity contribution in [2.75, 3.05) is 18.5 Å². The van der Waals surface area contributed by atoms with Crippen LogP contribution in [0.15, 0.2) is 79.0 Å². The largest absolute Gasteiger partial charge is 0.347 e. The summed E-state index contributed by atoms with van der Waals surface area (Å²) in [4.78, 5) is 31.0. The molecule has 1 aliphatic rings. The molecule has 0 spiro atoms. The summed E-state index contributed by atoms with van der Waals surface area (Å²) in [5.74, 6) is -0.374. The van der Waals surface area contributed by atoms with Crippen molar-refractivity contribution in [1.82, 2.24) is 21.2 Å². The van der Waals surface area contributed by atoms with Gasteiger partial charge in [0.05, 0.1) is 12.0 Å². The number of amides is 2. The fourth-order valence-corrected chi connectivity index (χ4v) is 3.68. The van der Waals surface area contributed by atoms with E-state index in [1.807, 2.05) is 54.6 Å². The number of hydrogen-bond donors (Lipinski definition) is 3. The van der Waals surface area contributed by atoms with Gasteiger partial charge in [0.1, 0.15) is 5.69 Å². The molecule has 1 saturated heterocycles. The first-order chi connectivity index (χ1) is 15.1. The number of rotatable bonds is 6. The second-order valence-electron chi connectivity index (χ2n) is 7.48. The quantitative estimate of drug-likeness (QED) is 0.576. The topological polar surface area (TPSA) is 86.4 Å². The number of para-hydroxylation sites is 1. The van der Waals surface area contributed by atoms with E-state index in [0.29, 0.717) is 18.8 Å². The predicted molar refractivity (Wildman–Crippen MR) is 119 cm³/mol. The first-order valence-corrected chi connectivity index (χ1v) is 10.2. The molecule has 2 atom stereocenters. The van der Waals surface area contributed by atoms with E-state index in [0.717, 1.165) is 16.8 Å². The zero-order chi connectivity index (χ0) is 21.6. The Labute approximate surface area is 181 Å². The molecule has 4 rings (SSSR count). The van der Waals surface area contributed by atoms with Crippen LogP contribution in [0, 0.1) is 5.92 Å². The summed E-state index contributed by atoms with van der Waals surface area (Å²) < 4.78 is 0. The molecule has 3 N–H and O–H groups in total. The maximum Gasteiger partial charge on any atom is 0.270 e. The van der Waals surface area contributed by atoms with Crippen LogP contribution in [-0.2, 0) is 11.3 Å². The lowest BCUT2D eigenvalue weighted by Crippen LogP contribution is -2.36. The Morgan fingerprint density at radius 3 is 2.48 bits per heavy atom. The SMILES string of the molecule is CN(C(=O)C1CNNC1c1ccc(CNC(=O)c2ccccn2)cc1)c1ccccc1. The number of anilines is 1. The van der Waals surface area contributed by atoms with Gasteiger partial charge in [0.2, 0.25) is 5.91 Å². The van der Waals surface area contributed by atoms with Crippen LogP contribution in [0.25, 0.3) is 0 Å². The lowest BCUT2D eigenvalue weighted by Gasteiger charge is -2.24. The van der Waals surface area contributed by atoms with E-state index in [2.05, 4.69) is 21.2 Å². The second kappa shape index (κ2) is 9.51. The van der Waals surface area contributed by atoms with Crippen LogP contribution in [0.5, 0.6) is 0 Å². The fourth-order valence-electron chi connectivity index (χ4n) is 3.68. The van der Waals surface area contributed by atoms with Gasteiger partial charge in [-0.05, 0) is 35.4 Å². The van der Waals surface area contributed by atoms with E-state index in [9.17, 15) is 9.59 Å². The molecule has 1 aromatic heterocycles. The van der Waals surface area contributed by atoms with Crippen molar-refractivity contribution in [2.45, 2.75) is 12.6 Å². The number of carbonyl (C=O) groups excluding carboxylic acids is 2. The van der Waals surface area contributed by atoms with Gasteiger partial charge in [0.15, 0.2) is 0 Å². The summed E-state index contributed by atoms with van der Waals surface area (Å²) in [6.07, 6.45) is 1.60. The third kappa shape index (κ3) is 4.79. The predicted octanol–water partition coefficient (Wildman–Crippen LogP) is 2.44. The number of nitrogens with zero attached hydrogens (tertiary/aromatic N) is 2. The van der Waals surface area contributed by atoms with E-state index >= 15 is 0 Å². The number of aromatic nitrogens is 1. The minimum atomic E-state index is -0.222. The molecule has 31 heavy (non-hydrogen) atoms. The molecule has 7 nitrogen and oxygen atoms in total. The first-order valence-electron chi connectivity index (χ1n) is 10.2. The highest BCUT2D eigenvalue weighted by atomic mass is 16.2. The molecular formula is C24H25N5O2. The summed E-state index contributed by atoms with van der Waals surface area (Å²) in [5.41, 5.74) is 9.60. The smallest absolute Gasteiger partial charge is 0.270 e. The van der Waals surface area contributed by atoms with Gasteiger partial charge in [-0.2, -0.15) is 0 Å². The van der Waals surface area contributed by atoms with Gasteiger partial charge >= 0.3 is 0 Å². The molecule has 0 bridgehead atoms. The standard InChI is InChI=1S/C24H25N5O2/c1-29(19-7-3-2-4-8-19)24(31)20-16-27-28-22(20)18-12-10-17(11-13-18)15-26-23(30)21-9-5-6-14-25-21/h2-14,20,22,27-28H,15-16H2,1H3,(H,26,30). The van der Waals surface area contributed by atoms with Gasteiger partial charge < -0.3 is 10.2 Å². The van der Waals surface area contributed by atoms with Crippen LogP contribution in [0.3, 0.4) is 0 Å². The molecule has 1 fully saturated rings. The summed E-state index contributed by atoms with van der Waals surface area (Å²) in [6, 6.07) is 22.7. The Balaban J connectivity index is 1.39. The van der Waals surface area contributed by atoms with E-state index < -0.39 is 0 Å². The average molecular weight is 415 g/mol. The second-order valence-corrected chi connectivity index (χ2v) is 7.48. The molecule has 7 heteroatoms. The number of hydrazine groups is 1. The van der Waals surface area contributed by atoms with Crippen LogP contribution in [0.2, 0.25) is 0 Å². The van der Waals surface area contributed by atoms with Crippen molar-refractivity contribution < 1.29 is 9.59 Å². The van der Waals surface area contributed by atoms with E-state index in [1.54, 1.807) is 36.3 Å². The zero-order valence-electron chi connectivity index (χ0n) is 17.3. The molecule has 2 heterocycles. The molecule has 0 radical (unpaired) electrons. The van der Waals surface area contributed by atoms with Crippen LogP contribution in [-0.4, -0.2) is 30.4 Å². The van der Waals surface area contributed by atoms with E-state index in [4.69, 9.17) is 0 Å². The van der Waals surface area contributed by atoms with Crippen molar-refractivity contribution >= 4 is 17.5 Å². The molecule has 0 saturated carbocycles. The van der Waals surface area contributed by atoms with Crippen LogP contribution in [0.1, 0.15) is 27.7 Å². The van der Waals surface area contributed by atoms with Crippen LogP contribution < -0.4 is 21.1 Å². The highest BCUT2D eigenvalue weighted by molar-refractivity contribution is 5.95. The highest BCUT2D eigenvalue weighted by Gasteiger charge is 2.35. The minimum absolute atomic E-state index is 0.0559. The van der Waals surface area contributed by atoms with Crippen LogP contribution in [0.4, 0.5) is 5.69 Å². The Hall–Kier alpha value is -3.55. The number of nitrogens with one attached hydrogen (secondary N) is 3. The van der Waals surface area contributed by atoms with Gasteiger partial charge in [-0.25, -0.2) is 5.43 Å². The van der Waals surface area contributed by atoms with Crippen LogP contribution >= 0.6 is 0 Å². The van der Waals surface area contributed by atoms with Gasteiger partial charge in [0, 0.05) is 32.0 Å². The summed E-state index contributed by atoms with van der Waals surface area (Å²) >= 11 is 0. The average Bonchev–Trinajstić information content (AvgIpc) is 3.33. The van der Waals surface area contributed by atoms with E-state index in [1.165, 1.54) is 0 Å². The molecule has 3 aromatic rings. The van der Waals surface area contributed by atoms with Crippen molar-refractivity contribution in [3.8, 4) is 0 Å². The Morgan fingerprint density at radius 1 is 1.03 bits per heavy atom. The number of pyridine rings is 1. The van der Waals surface area contributed by atoms with Crippen molar-refractivity contribution in [3.05, 3.63) is 95.8 Å². The molecular weight excluding hydrogens is 390 g/mol. The highest BCUT2D eigenvalue weighted by Crippen LogP contribution is 2.28. The third-order valence-corrected chi connectivity index (χ3v) is 5.46. The third-order valence-electron chi connectivity index (χ3n) is 5.46. The fraction of sp³-hybridized carbons (Fsp3) is 0.208. The molecule has 2 amide bonds. The Bertz CT molecular complexity index is 1020. The molecule has 0 aliphatic carbocycles. The van der Waals surface area contributed by atoms with Gasteiger partial charge in [-0.15, -0.1) is 0 Å². The molecule has 2 unspecified atom stereocenters. The van der Waals surface area contributed by atoms with Crippen molar-refractivity contribution in [3.63, 3.8) is 0 Å². The maximum absolute atomic E-state index is 13.1. The van der Waals surface area contributed by atoms with Crippen molar-refractivity contribution in [1.29, 1.82) is 0 Å². The van der Waals surface area contributed by atoms with Gasteiger partial charge in [-0.1, -0.05) is 48.5 Å². The molecule has 1 aliphatic heterocycles. The Kier molecular flexibility index (Phi) is 6.35. The van der Waals surface area contributed by atoms with Crippen molar-refractivity contribution in [2.24, 2.45) is 5.92 Å². The molecule has 2 aromatic carbocycles. The lowest BCUT2D eigenvalue weighted by atomic mass is 9.93. The Morgan fingerprint density at radius 2 is 1.77 bits per heavy atom. The van der Waals surface area contributed by atoms with Gasteiger partial charge in [-0.3, -0.25) is 20.0 Å². The summed E-state index contributed by atoms with van der Waals surface area (Å²) in [5, 5.41) is 2.87. The number of carbonyl (C=O) groups is 2. The number of hydrogen-bond acceptors (Lipinski definition) is 5.